The number of hydrogen-bond donors (Lipinski definition) is 0. The van der Waals surface area contributed by atoms with Gasteiger partial charge in [0.1, 0.15) is 10.6 Å². The van der Waals surface area contributed by atoms with Crippen LogP contribution in [0.4, 0.5) is 0 Å². The monoisotopic (exact) mass is 312 g/mol. The summed E-state index contributed by atoms with van der Waals surface area (Å²) in [6.07, 6.45) is 6.72. The Morgan fingerprint density at radius 3 is 2.57 bits per heavy atom. The zero-order valence-electron chi connectivity index (χ0n) is 12.8. The fourth-order valence-electron chi connectivity index (χ4n) is 1.96. The van der Waals surface area contributed by atoms with Crippen molar-refractivity contribution in [3.8, 4) is 5.75 Å². The molecule has 0 fully saturated rings. The van der Waals surface area contributed by atoms with Gasteiger partial charge < -0.3 is 4.74 Å². The lowest BCUT2D eigenvalue weighted by Gasteiger charge is -2.10. The Morgan fingerprint density at radius 2 is 1.90 bits per heavy atom. The molecule has 0 saturated carbocycles. The normalized spacial score (nSPS) is 11.3. The van der Waals surface area contributed by atoms with Crippen LogP contribution in [-0.4, -0.2) is 22.1 Å². The predicted octanol–water partition coefficient (Wildman–Crippen LogP) is 3.85. The van der Waals surface area contributed by atoms with E-state index in [4.69, 9.17) is 8.92 Å². The molecule has 0 radical (unpaired) electrons. The second kappa shape index (κ2) is 8.85. The van der Waals surface area contributed by atoms with Gasteiger partial charge in [-0.05, 0) is 43.9 Å². The largest absolute Gasteiger partial charge is 0.495 e. The maximum atomic E-state index is 12.1. The van der Waals surface area contributed by atoms with Gasteiger partial charge in [-0.1, -0.05) is 25.0 Å². The first kappa shape index (κ1) is 17.7. The van der Waals surface area contributed by atoms with Gasteiger partial charge >= 0.3 is 10.1 Å². The number of hydrogen-bond acceptors (Lipinski definition) is 4. The van der Waals surface area contributed by atoms with Gasteiger partial charge in [-0.25, -0.2) is 0 Å². The summed E-state index contributed by atoms with van der Waals surface area (Å²) in [6, 6.07) is 4.94. The van der Waals surface area contributed by atoms with Gasteiger partial charge in [0.05, 0.1) is 13.7 Å². The molecule has 21 heavy (non-hydrogen) atoms. The Bertz CT molecular complexity index is 549. The highest BCUT2D eigenvalue weighted by molar-refractivity contribution is 7.86. The number of methoxy groups -OCH3 is 1. The minimum Gasteiger partial charge on any atom is -0.495 e. The van der Waals surface area contributed by atoms with E-state index in [1.807, 2.05) is 13.0 Å². The minimum absolute atomic E-state index is 0.0854. The van der Waals surface area contributed by atoms with Crippen LogP contribution in [0.1, 0.15) is 37.7 Å². The van der Waals surface area contributed by atoms with Crippen molar-refractivity contribution in [3.63, 3.8) is 0 Å². The van der Waals surface area contributed by atoms with E-state index in [0.717, 1.165) is 37.7 Å². The number of aryl methyl sites for hydroxylation is 1. The Balaban J connectivity index is 2.52. The number of benzene rings is 1. The van der Waals surface area contributed by atoms with E-state index in [-0.39, 0.29) is 11.5 Å². The fourth-order valence-corrected chi connectivity index (χ4v) is 3.05. The highest BCUT2D eigenvalue weighted by Gasteiger charge is 2.20. The van der Waals surface area contributed by atoms with Crippen LogP contribution in [-0.2, 0) is 14.3 Å². The summed E-state index contributed by atoms with van der Waals surface area (Å²) >= 11 is 0. The minimum atomic E-state index is -3.76. The summed E-state index contributed by atoms with van der Waals surface area (Å²) < 4.78 is 34.5. The Morgan fingerprint density at radius 1 is 1.19 bits per heavy atom. The van der Waals surface area contributed by atoms with Gasteiger partial charge in [-0.2, -0.15) is 8.42 Å². The summed E-state index contributed by atoms with van der Waals surface area (Å²) in [4.78, 5) is 0.0854. The van der Waals surface area contributed by atoms with Crippen molar-refractivity contribution in [1.82, 2.24) is 0 Å². The summed E-state index contributed by atoms with van der Waals surface area (Å²) in [5.74, 6) is 0.320. The van der Waals surface area contributed by atoms with E-state index >= 15 is 0 Å². The van der Waals surface area contributed by atoms with E-state index in [1.165, 1.54) is 13.2 Å². The molecule has 4 nitrogen and oxygen atoms in total. The molecule has 5 heteroatoms. The van der Waals surface area contributed by atoms with Crippen LogP contribution >= 0.6 is 0 Å². The van der Waals surface area contributed by atoms with Crippen molar-refractivity contribution in [2.24, 2.45) is 0 Å². The second-order valence-corrected chi connectivity index (χ2v) is 6.51. The first-order valence-corrected chi connectivity index (χ1v) is 8.57. The van der Waals surface area contributed by atoms with Crippen molar-refractivity contribution in [2.75, 3.05) is 13.7 Å². The van der Waals surface area contributed by atoms with Gasteiger partial charge in [0, 0.05) is 0 Å². The number of allylic oxidation sites excluding steroid dienone is 1. The smallest absolute Gasteiger partial charge is 0.300 e. The molecule has 0 saturated heterocycles. The molecule has 118 valence electrons. The molecule has 0 aliphatic rings. The molecule has 0 aromatic heterocycles. The quantitative estimate of drug-likeness (QED) is 0.374. The number of ether oxygens (including phenoxy) is 1. The van der Waals surface area contributed by atoms with Gasteiger partial charge in [0.15, 0.2) is 0 Å². The van der Waals surface area contributed by atoms with Crippen molar-refractivity contribution in [1.29, 1.82) is 0 Å². The molecule has 1 aromatic rings. The third-order valence-electron chi connectivity index (χ3n) is 3.13. The number of rotatable bonds is 10. The first-order chi connectivity index (χ1) is 10.0. The zero-order valence-corrected chi connectivity index (χ0v) is 13.6. The first-order valence-electron chi connectivity index (χ1n) is 7.16. The van der Waals surface area contributed by atoms with Crippen LogP contribution in [0, 0.1) is 6.92 Å². The lowest BCUT2D eigenvalue weighted by molar-refractivity contribution is 0.303. The Hall–Kier alpha value is -1.33. The van der Waals surface area contributed by atoms with Crippen LogP contribution in [0.25, 0.3) is 0 Å². The van der Waals surface area contributed by atoms with E-state index in [1.54, 1.807) is 12.1 Å². The molecule has 0 N–H and O–H groups in total. The third kappa shape index (κ3) is 5.89. The van der Waals surface area contributed by atoms with Crippen LogP contribution in [0.2, 0.25) is 0 Å². The van der Waals surface area contributed by atoms with E-state index < -0.39 is 10.1 Å². The standard InChI is InChI=1S/C16H24O4S/c1-4-5-6-7-8-9-12-20-21(17,18)16-11-10-14(2)13-15(16)19-3/h4,10-11,13H,1,5-9,12H2,2-3H3. The van der Waals surface area contributed by atoms with Crippen LogP contribution in [0.5, 0.6) is 5.75 Å². The molecule has 0 bridgehead atoms. The molecule has 0 spiro atoms. The maximum Gasteiger partial charge on any atom is 0.300 e. The zero-order chi connectivity index (χ0) is 15.7. The van der Waals surface area contributed by atoms with Gasteiger partial charge in [0.25, 0.3) is 0 Å². The maximum absolute atomic E-state index is 12.1. The molecule has 0 unspecified atom stereocenters. The fraction of sp³-hybridized carbons (Fsp3) is 0.500. The molecular weight excluding hydrogens is 288 g/mol. The van der Waals surface area contributed by atoms with Crippen molar-refractivity contribution in [2.45, 2.75) is 43.9 Å². The Labute approximate surface area is 127 Å². The SMILES string of the molecule is C=CCCCCCCOS(=O)(=O)c1ccc(C)cc1OC. The summed E-state index contributed by atoms with van der Waals surface area (Å²) in [7, 11) is -2.31. The molecule has 1 aromatic carbocycles. The lowest BCUT2D eigenvalue weighted by atomic mass is 10.1. The average Bonchev–Trinajstić information content (AvgIpc) is 2.45. The highest BCUT2D eigenvalue weighted by Crippen LogP contribution is 2.26. The van der Waals surface area contributed by atoms with E-state index in [0.29, 0.717) is 5.75 Å². The average molecular weight is 312 g/mol. The van der Waals surface area contributed by atoms with Crippen LogP contribution in [0.15, 0.2) is 35.7 Å². The van der Waals surface area contributed by atoms with Crippen LogP contribution in [0.3, 0.4) is 0 Å². The number of unbranched alkanes of at least 4 members (excludes halogenated alkanes) is 4. The summed E-state index contributed by atoms with van der Waals surface area (Å²) in [5, 5.41) is 0. The molecule has 0 heterocycles. The molecule has 1 rings (SSSR count). The summed E-state index contributed by atoms with van der Waals surface area (Å²) in [6.45, 7) is 5.75. The molecule has 0 atom stereocenters. The molecule has 0 amide bonds. The third-order valence-corrected chi connectivity index (χ3v) is 4.48. The van der Waals surface area contributed by atoms with Crippen molar-refractivity contribution >= 4 is 10.1 Å². The topological polar surface area (TPSA) is 52.6 Å². The molecule has 0 aliphatic heterocycles. The van der Waals surface area contributed by atoms with Gasteiger partial charge in [-0.3, -0.25) is 4.18 Å². The van der Waals surface area contributed by atoms with Crippen molar-refractivity contribution < 1.29 is 17.3 Å². The van der Waals surface area contributed by atoms with Crippen molar-refractivity contribution in [3.05, 3.63) is 36.4 Å². The molecular formula is C16H24O4S. The van der Waals surface area contributed by atoms with Crippen LogP contribution < -0.4 is 4.74 Å². The Kier molecular flexibility index (Phi) is 7.47. The van der Waals surface area contributed by atoms with E-state index in [9.17, 15) is 8.42 Å². The second-order valence-electron chi connectivity index (χ2n) is 4.92. The molecule has 0 aliphatic carbocycles. The van der Waals surface area contributed by atoms with E-state index in [2.05, 4.69) is 6.58 Å². The lowest BCUT2D eigenvalue weighted by Crippen LogP contribution is -2.09. The summed E-state index contributed by atoms with van der Waals surface area (Å²) in [5.41, 5.74) is 0.938. The van der Waals surface area contributed by atoms with Gasteiger partial charge in [-0.15, -0.1) is 6.58 Å². The van der Waals surface area contributed by atoms with Gasteiger partial charge in [0.2, 0.25) is 0 Å². The predicted molar refractivity (Wildman–Crippen MR) is 84.2 cm³/mol. The highest BCUT2D eigenvalue weighted by atomic mass is 32.2.